The van der Waals surface area contributed by atoms with Crippen molar-refractivity contribution in [2.75, 3.05) is 11.6 Å². The third kappa shape index (κ3) is 4.04. The normalized spacial score (nSPS) is 15.3. The minimum Gasteiger partial charge on any atom is -0.478 e. The van der Waals surface area contributed by atoms with E-state index in [0.717, 1.165) is 31.6 Å². The van der Waals surface area contributed by atoms with Crippen molar-refractivity contribution < 1.29 is 23.1 Å². The molecular formula is C14H17NO5S. The molecule has 0 aliphatic heterocycles. The lowest BCUT2D eigenvalue weighted by atomic mass is 9.83. The summed E-state index contributed by atoms with van der Waals surface area (Å²) in [5, 5.41) is 11.6. The fourth-order valence-electron chi connectivity index (χ4n) is 2.18. The van der Waals surface area contributed by atoms with Crippen LogP contribution in [0.2, 0.25) is 0 Å². The number of amides is 1. The average molecular weight is 311 g/mol. The number of carboxylic acids is 1. The highest BCUT2D eigenvalue weighted by atomic mass is 32.2. The molecule has 0 atom stereocenters. The van der Waals surface area contributed by atoms with Gasteiger partial charge in [-0.3, -0.25) is 4.79 Å². The number of sulfone groups is 1. The molecular weight excluding hydrogens is 294 g/mol. The molecule has 2 rings (SSSR count). The first-order chi connectivity index (χ1) is 9.75. The van der Waals surface area contributed by atoms with Gasteiger partial charge in [-0.1, -0.05) is 6.42 Å². The smallest absolute Gasteiger partial charge is 0.335 e. The van der Waals surface area contributed by atoms with Crippen LogP contribution in [0.15, 0.2) is 23.1 Å². The molecule has 2 N–H and O–H groups in total. The van der Waals surface area contributed by atoms with E-state index in [9.17, 15) is 18.0 Å². The Morgan fingerprint density at radius 3 is 2.43 bits per heavy atom. The van der Waals surface area contributed by atoms with E-state index < -0.39 is 15.8 Å². The monoisotopic (exact) mass is 311 g/mol. The second kappa shape index (κ2) is 5.85. The van der Waals surface area contributed by atoms with Crippen LogP contribution in [0.3, 0.4) is 0 Å². The largest absolute Gasteiger partial charge is 0.478 e. The van der Waals surface area contributed by atoms with Crippen LogP contribution >= 0.6 is 0 Å². The summed E-state index contributed by atoms with van der Waals surface area (Å²) in [6.45, 7) is 0. The van der Waals surface area contributed by atoms with E-state index in [-0.39, 0.29) is 22.1 Å². The van der Waals surface area contributed by atoms with Gasteiger partial charge in [0.25, 0.3) is 0 Å². The fraction of sp³-hybridized carbons (Fsp3) is 0.429. The lowest BCUT2D eigenvalue weighted by Crippen LogP contribution is -2.21. The van der Waals surface area contributed by atoms with Gasteiger partial charge in [-0.2, -0.15) is 0 Å². The highest BCUT2D eigenvalue weighted by Gasteiger charge is 2.21. The van der Waals surface area contributed by atoms with Crippen molar-refractivity contribution >= 4 is 27.4 Å². The maximum atomic E-state index is 11.8. The van der Waals surface area contributed by atoms with Gasteiger partial charge in [-0.15, -0.1) is 0 Å². The zero-order valence-corrected chi connectivity index (χ0v) is 12.4. The molecule has 1 aromatic rings. The molecule has 0 aromatic heterocycles. The Hall–Kier alpha value is -1.89. The van der Waals surface area contributed by atoms with Crippen LogP contribution in [0.4, 0.5) is 5.69 Å². The van der Waals surface area contributed by atoms with Crippen molar-refractivity contribution in [3.05, 3.63) is 23.8 Å². The van der Waals surface area contributed by atoms with Crippen LogP contribution in [-0.2, 0) is 14.6 Å². The Kier molecular flexibility index (Phi) is 4.32. The molecule has 0 unspecified atom stereocenters. The summed E-state index contributed by atoms with van der Waals surface area (Å²) in [5.74, 6) is -1.08. The van der Waals surface area contributed by atoms with E-state index in [1.165, 1.54) is 12.1 Å². The number of aromatic carboxylic acids is 1. The number of anilines is 1. The number of rotatable bonds is 5. The number of hydrogen-bond acceptors (Lipinski definition) is 4. The molecule has 1 aliphatic rings. The molecule has 21 heavy (non-hydrogen) atoms. The number of carbonyl (C=O) groups is 2. The Balaban J connectivity index is 2.23. The van der Waals surface area contributed by atoms with E-state index >= 15 is 0 Å². The predicted octanol–water partition coefficient (Wildman–Crippen LogP) is 1.92. The third-order valence-electron chi connectivity index (χ3n) is 3.56. The summed E-state index contributed by atoms with van der Waals surface area (Å²) in [6, 6.07) is 3.62. The molecule has 6 nitrogen and oxygen atoms in total. The van der Waals surface area contributed by atoms with Crippen molar-refractivity contribution in [1.29, 1.82) is 0 Å². The van der Waals surface area contributed by atoms with Gasteiger partial charge >= 0.3 is 5.97 Å². The Morgan fingerprint density at radius 1 is 1.29 bits per heavy atom. The summed E-state index contributed by atoms with van der Waals surface area (Å²) in [7, 11) is -3.55. The van der Waals surface area contributed by atoms with Crippen LogP contribution in [0.25, 0.3) is 0 Å². The molecule has 1 aliphatic carbocycles. The summed E-state index contributed by atoms with van der Waals surface area (Å²) < 4.78 is 23.1. The number of nitrogens with one attached hydrogen (secondary N) is 1. The number of carbonyl (C=O) groups excluding carboxylic acids is 1. The highest BCUT2D eigenvalue weighted by Crippen LogP contribution is 2.29. The van der Waals surface area contributed by atoms with Gasteiger partial charge in [0.05, 0.1) is 10.5 Å². The Bertz CT molecular complexity index is 677. The zero-order chi connectivity index (χ0) is 15.6. The highest BCUT2D eigenvalue weighted by molar-refractivity contribution is 7.90. The minimum atomic E-state index is -3.55. The van der Waals surface area contributed by atoms with Gasteiger partial charge in [-0.25, -0.2) is 13.2 Å². The Morgan fingerprint density at radius 2 is 1.95 bits per heavy atom. The van der Waals surface area contributed by atoms with E-state index in [0.29, 0.717) is 12.3 Å². The number of benzene rings is 1. The summed E-state index contributed by atoms with van der Waals surface area (Å²) in [4.78, 5) is 22.8. The van der Waals surface area contributed by atoms with Gasteiger partial charge in [0.15, 0.2) is 9.84 Å². The minimum absolute atomic E-state index is 0.124. The maximum absolute atomic E-state index is 11.8. The van der Waals surface area contributed by atoms with E-state index in [4.69, 9.17) is 5.11 Å². The van der Waals surface area contributed by atoms with Crippen LogP contribution in [0.1, 0.15) is 36.0 Å². The predicted molar refractivity (Wildman–Crippen MR) is 77.1 cm³/mol. The van der Waals surface area contributed by atoms with E-state index in [1.807, 2.05) is 0 Å². The summed E-state index contributed by atoms with van der Waals surface area (Å²) in [6.07, 6.45) is 4.55. The molecule has 1 amide bonds. The van der Waals surface area contributed by atoms with Gasteiger partial charge in [-0.05, 0) is 37.0 Å². The van der Waals surface area contributed by atoms with Crippen molar-refractivity contribution in [2.45, 2.75) is 30.6 Å². The molecule has 114 valence electrons. The number of carboxylic acid groups (broad SMARTS) is 1. The van der Waals surface area contributed by atoms with Crippen LogP contribution in [-0.4, -0.2) is 31.7 Å². The molecule has 0 bridgehead atoms. The first kappa shape index (κ1) is 15.5. The molecule has 0 saturated heterocycles. The topological polar surface area (TPSA) is 101 Å². The zero-order valence-electron chi connectivity index (χ0n) is 11.6. The van der Waals surface area contributed by atoms with Crippen molar-refractivity contribution in [3.63, 3.8) is 0 Å². The van der Waals surface area contributed by atoms with Crippen molar-refractivity contribution in [2.24, 2.45) is 5.92 Å². The van der Waals surface area contributed by atoms with Crippen molar-refractivity contribution in [1.82, 2.24) is 0 Å². The van der Waals surface area contributed by atoms with Crippen LogP contribution in [0, 0.1) is 5.92 Å². The molecule has 0 heterocycles. The van der Waals surface area contributed by atoms with Gasteiger partial charge in [0.1, 0.15) is 0 Å². The average Bonchev–Trinajstić information content (AvgIpc) is 2.32. The summed E-state index contributed by atoms with van der Waals surface area (Å²) >= 11 is 0. The fourth-order valence-corrected chi connectivity index (χ4v) is 2.86. The standard InChI is InChI=1S/C14H17NO5S/c1-21(19,20)12-7-10(14(17)18)6-11(8-12)15-13(16)5-9-3-2-4-9/h6-9H,2-5H2,1H3,(H,15,16)(H,17,18). The van der Waals surface area contributed by atoms with Gasteiger partial charge in [0, 0.05) is 18.4 Å². The number of hydrogen-bond donors (Lipinski definition) is 2. The lowest BCUT2D eigenvalue weighted by molar-refractivity contribution is -0.117. The van der Waals surface area contributed by atoms with Crippen LogP contribution < -0.4 is 5.32 Å². The third-order valence-corrected chi connectivity index (χ3v) is 4.66. The molecule has 7 heteroatoms. The van der Waals surface area contributed by atoms with E-state index in [1.54, 1.807) is 0 Å². The second-order valence-electron chi connectivity index (χ2n) is 5.37. The van der Waals surface area contributed by atoms with E-state index in [2.05, 4.69) is 5.32 Å². The van der Waals surface area contributed by atoms with Crippen LogP contribution in [0.5, 0.6) is 0 Å². The van der Waals surface area contributed by atoms with Crippen molar-refractivity contribution in [3.8, 4) is 0 Å². The quantitative estimate of drug-likeness (QED) is 0.865. The SMILES string of the molecule is CS(=O)(=O)c1cc(NC(=O)CC2CCC2)cc(C(=O)O)c1. The lowest BCUT2D eigenvalue weighted by Gasteiger charge is -2.24. The first-order valence-electron chi connectivity index (χ1n) is 6.64. The first-order valence-corrected chi connectivity index (χ1v) is 8.53. The molecule has 1 aromatic carbocycles. The van der Waals surface area contributed by atoms with Gasteiger partial charge in [0.2, 0.25) is 5.91 Å². The Labute approximate surface area is 123 Å². The second-order valence-corrected chi connectivity index (χ2v) is 7.39. The summed E-state index contributed by atoms with van der Waals surface area (Å²) in [5.41, 5.74) is 0.0246. The van der Waals surface area contributed by atoms with Gasteiger partial charge < -0.3 is 10.4 Å². The maximum Gasteiger partial charge on any atom is 0.335 e. The molecule has 0 spiro atoms. The molecule has 1 saturated carbocycles. The molecule has 0 radical (unpaired) electrons. The molecule has 1 fully saturated rings.